The highest BCUT2D eigenvalue weighted by Crippen LogP contribution is 2.34. The first-order valence-electron chi connectivity index (χ1n) is 11.6. The summed E-state index contributed by atoms with van der Waals surface area (Å²) < 4.78 is 13.1. The van der Waals surface area contributed by atoms with Crippen molar-refractivity contribution in [2.45, 2.75) is 19.0 Å². The molecule has 0 aromatic heterocycles. The third-order valence-electron chi connectivity index (χ3n) is 5.72. The van der Waals surface area contributed by atoms with E-state index in [0.717, 1.165) is 17.3 Å². The minimum atomic E-state index is -0.893. The molecule has 37 heavy (non-hydrogen) atoms. The molecule has 0 fully saturated rings. The van der Waals surface area contributed by atoms with Gasteiger partial charge in [0, 0.05) is 17.8 Å². The molecule has 10 heteroatoms. The van der Waals surface area contributed by atoms with E-state index < -0.39 is 11.9 Å². The van der Waals surface area contributed by atoms with Crippen LogP contribution in [0, 0.1) is 5.82 Å². The van der Waals surface area contributed by atoms with Gasteiger partial charge >= 0.3 is 0 Å². The molecule has 0 saturated carbocycles. The molecule has 0 saturated heterocycles. The van der Waals surface area contributed by atoms with Gasteiger partial charge in [0.1, 0.15) is 17.7 Å². The lowest BCUT2D eigenvalue weighted by Crippen LogP contribution is -2.42. The zero-order chi connectivity index (χ0) is 25.8. The SMILES string of the molecule is O=C(C[C@H]1N=C2c3ccccc3N=C(SCC(=O)Nc3ccc(F)cc3)N2C1=O)NCc1ccccc1. The number of aliphatic imine (C=N–C) groups is 2. The van der Waals surface area contributed by atoms with Crippen LogP contribution in [-0.2, 0) is 20.9 Å². The van der Waals surface area contributed by atoms with E-state index in [1.165, 1.54) is 29.2 Å². The van der Waals surface area contributed by atoms with Gasteiger partial charge in [-0.2, -0.15) is 0 Å². The van der Waals surface area contributed by atoms with E-state index in [1.54, 1.807) is 6.07 Å². The van der Waals surface area contributed by atoms with E-state index >= 15 is 0 Å². The molecule has 0 radical (unpaired) electrons. The summed E-state index contributed by atoms with van der Waals surface area (Å²) in [6.07, 6.45) is -0.100. The summed E-state index contributed by atoms with van der Waals surface area (Å²) >= 11 is 1.09. The minimum absolute atomic E-state index is 0.0301. The monoisotopic (exact) mass is 515 g/mol. The number of fused-ring (bicyclic) bond motifs is 3. The lowest BCUT2D eigenvalue weighted by molar-refractivity contribution is -0.128. The number of thioether (sulfide) groups is 1. The van der Waals surface area contributed by atoms with Crippen molar-refractivity contribution >= 4 is 51.9 Å². The number of benzene rings is 3. The number of rotatable bonds is 7. The van der Waals surface area contributed by atoms with Gasteiger partial charge in [0.05, 0.1) is 17.9 Å². The molecule has 0 bridgehead atoms. The van der Waals surface area contributed by atoms with Gasteiger partial charge in [0.15, 0.2) is 5.17 Å². The number of amidine groups is 2. The lowest BCUT2D eigenvalue weighted by Gasteiger charge is -2.25. The number of carbonyl (C=O) groups is 3. The summed E-state index contributed by atoms with van der Waals surface area (Å²) in [7, 11) is 0. The van der Waals surface area contributed by atoms with Crippen LogP contribution in [0.4, 0.5) is 15.8 Å². The molecule has 3 aromatic rings. The second-order valence-corrected chi connectivity index (χ2v) is 9.31. The third-order valence-corrected chi connectivity index (χ3v) is 6.66. The maximum Gasteiger partial charge on any atom is 0.259 e. The van der Waals surface area contributed by atoms with Crippen LogP contribution in [0.25, 0.3) is 0 Å². The number of amides is 3. The minimum Gasteiger partial charge on any atom is -0.352 e. The second kappa shape index (κ2) is 10.8. The van der Waals surface area contributed by atoms with Crippen LogP contribution in [-0.4, -0.2) is 45.4 Å². The summed E-state index contributed by atoms with van der Waals surface area (Å²) in [6.45, 7) is 0.357. The number of nitrogens with zero attached hydrogens (tertiary/aromatic N) is 3. The van der Waals surface area contributed by atoms with E-state index in [9.17, 15) is 18.8 Å². The molecule has 0 unspecified atom stereocenters. The summed E-state index contributed by atoms with van der Waals surface area (Å²) in [5, 5.41) is 5.84. The Kier molecular flexibility index (Phi) is 7.09. The standard InChI is InChI=1S/C27H22FN5O3S/c28-18-10-12-19(13-11-18)30-24(35)16-37-27-32-21-9-5-4-8-20(21)25-31-22(26(36)33(25)27)14-23(34)29-15-17-6-2-1-3-7-17/h1-13,22H,14-16H2,(H,29,34)(H,30,35)/t22-/m1/s1. The largest absolute Gasteiger partial charge is 0.352 e. The van der Waals surface area contributed by atoms with Crippen molar-refractivity contribution in [2.24, 2.45) is 9.98 Å². The fourth-order valence-corrected chi connectivity index (χ4v) is 4.74. The van der Waals surface area contributed by atoms with E-state index in [1.807, 2.05) is 48.5 Å². The molecule has 2 heterocycles. The van der Waals surface area contributed by atoms with Crippen LogP contribution in [0.5, 0.6) is 0 Å². The van der Waals surface area contributed by atoms with Crippen LogP contribution >= 0.6 is 11.8 Å². The maximum absolute atomic E-state index is 13.3. The Bertz CT molecular complexity index is 1410. The molecule has 0 spiro atoms. The van der Waals surface area contributed by atoms with E-state index in [-0.39, 0.29) is 29.9 Å². The first-order chi connectivity index (χ1) is 18.0. The summed E-state index contributed by atoms with van der Waals surface area (Å²) in [4.78, 5) is 49.0. The van der Waals surface area contributed by atoms with Crippen molar-refractivity contribution < 1.29 is 18.8 Å². The van der Waals surface area contributed by atoms with Crippen LogP contribution in [0.15, 0.2) is 88.8 Å². The van der Waals surface area contributed by atoms with Crippen molar-refractivity contribution in [1.82, 2.24) is 10.2 Å². The molecule has 5 rings (SSSR count). The molecule has 8 nitrogen and oxygen atoms in total. The van der Waals surface area contributed by atoms with Crippen LogP contribution < -0.4 is 10.6 Å². The molecular weight excluding hydrogens is 493 g/mol. The zero-order valence-electron chi connectivity index (χ0n) is 19.6. The maximum atomic E-state index is 13.3. The van der Waals surface area contributed by atoms with Gasteiger partial charge < -0.3 is 10.6 Å². The predicted molar refractivity (Wildman–Crippen MR) is 141 cm³/mol. The summed E-state index contributed by atoms with van der Waals surface area (Å²) in [6, 6.07) is 21.3. The fourth-order valence-electron chi connectivity index (χ4n) is 3.94. The first-order valence-corrected chi connectivity index (χ1v) is 12.6. The van der Waals surface area contributed by atoms with Gasteiger partial charge in [-0.15, -0.1) is 0 Å². The van der Waals surface area contributed by atoms with E-state index in [2.05, 4.69) is 20.6 Å². The Labute approximate surface area is 216 Å². The highest BCUT2D eigenvalue weighted by molar-refractivity contribution is 8.14. The van der Waals surface area contributed by atoms with Crippen LogP contribution in [0.1, 0.15) is 17.5 Å². The Balaban J connectivity index is 1.28. The second-order valence-electron chi connectivity index (χ2n) is 8.36. The predicted octanol–water partition coefficient (Wildman–Crippen LogP) is 3.86. The van der Waals surface area contributed by atoms with Gasteiger partial charge in [-0.3, -0.25) is 19.4 Å². The number of hydrogen-bond acceptors (Lipinski definition) is 6. The third kappa shape index (κ3) is 5.59. The Morgan fingerprint density at radius 3 is 2.46 bits per heavy atom. The van der Waals surface area contributed by atoms with Gasteiger partial charge in [-0.25, -0.2) is 14.3 Å². The summed E-state index contributed by atoms with van der Waals surface area (Å²) in [5.74, 6) is -1.00. The smallest absolute Gasteiger partial charge is 0.259 e. The average Bonchev–Trinajstić information content (AvgIpc) is 3.24. The van der Waals surface area contributed by atoms with E-state index in [0.29, 0.717) is 34.5 Å². The van der Waals surface area contributed by atoms with Gasteiger partial charge in [0.2, 0.25) is 11.8 Å². The van der Waals surface area contributed by atoms with Crippen molar-refractivity contribution in [1.29, 1.82) is 0 Å². The van der Waals surface area contributed by atoms with Crippen molar-refractivity contribution in [3.05, 3.63) is 95.8 Å². The van der Waals surface area contributed by atoms with Gasteiger partial charge in [-0.05, 0) is 42.0 Å². The molecule has 0 aliphatic carbocycles. The van der Waals surface area contributed by atoms with Crippen molar-refractivity contribution in [3.63, 3.8) is 0 Å². The highest BCUT2D eigenvalue weighted by Gasteiger charge is 2.42. The van der Waals surface area contributed by atoms with Gasteiger partial charge in [-0.1, -0.05) is 54.2 Å². The summed E-state index contributed by atoms with van der Waals surface area (Å²) in [5.41, 5.74) is 2.73. The van der Waals surface area contributed by atoms with Gasteiger partial charge in [0.25, 0.3) is 5.91 Å². The Hall–Kier alpha value is -4.31. The normalized spacial score (nSPS) is 15.9. The Morgan fingerprint density at radius 1 is 0.946 bits per heavy atom. The molecule has 186 valence electrons. The molecule has 2 aliphatic heterocycles. The molecule has 2 N–H and O–H groups in total. The topological polar surface area (TPSA) is 103 Å². The lowest BCUT2D eigenvalue weighted by atomic mass is 10.1. The number of para-hydroxylation sites is 1. The number of anilines is 1. The molecule has 1 atom stereocenters. The average molecular weight is 516 g/mol. The number of halogens is 1. The molecule has 3 aromatic carbocycles. The fraction of sp³-hybridized carbons (Fsp3) is 0.148. The zero-order valence-corrected chi connectivity index (χ0v) is 20.4. The number of carbonyl (C=O) groups excluding carboxylic acids is 3. The van der Waals surface area contributed by atoms with Crippen molar-refractivity contribution in [3.8, 4) is 0 Å². The highest BCUT2D eigenvalue weighted by atomic mass is 32.2. The van der Waals surface area contributed by atoms with Crippen LogP contribution in [0.2, 0.25) is 0 Å². The molecular formula is C27H22FN5O3S. The van der Waals surface area contributed by atoms with Crippen molar-refractivity contribution in [2.75, 3.05) is 11.1 Å². The molecule has 3 amide bonds. The van der Waals surface area contributed by atoms with E-state index in [4.69, 9.17) is 0 Å². The number of hydrogen-bond donors (Lipinski definition) is 2. The Morgan fingerprint density at radius 2 is 1.68 bits per heavy atom. The quantitative estimate of drug-likeness (QED) is 0.499. The van der Waals surface area contributed by atoms with Crippen LogP contribution in [0.3, 0.4) is 0 Å². The molecule has 2 aliphatic rings. The number of nitrogens with one attached hydrogen (secondary N) is 2. The first kappa shape index (κ1) is 24.4.